The van der Waals surface area contributed by atoms with E-state index in [-0.39, 0.29) is 21.6 Å². The van der Waals surface area contributed by atoms with Crippen molar-refractivity contribution in [2.75, 3.05) is 0 Å². The zero-order chi connectivity index (χ0) is 23.6. The van der Waals surface area contributed by atoms with Crippen molar-refractivity contribution in [1.82, 2.24) is 0 Å². The highest BCUT2D eigenvalue weighted by Gasteiger charge is 2.43. The lowest BCUT2D eigenvalue weighted by molar-refractivity contribution is 0.163. The van der Waals surface area contributed by atoms with E-state index in [0.717, 1.165) is 60.7 Å². The van der Waals surface area contributed by atoms with Gasteiger partial charge >= 0.3 is 0 Å². The molecule has 4 rings (SSSR count). The summed E-state index contributed by atoms with van der Waals surface area (Å²) in [5.41, 5.74) is -1.38. The fourth-order valence-corrected chi connectivity index (χ4v) is 4.70. The van der Waals surface area contributed by atoms with Crippen LogP contribution >= 0.6 is 0 Å². The average molecular weight is 472 g/mol. The van der Waals surface area contributed by atoms with Crippen LogP contribution in [0.2, 0.25) is 0 Å². The Labute approximate surface area is 188 Å². The van der Waals surface area contributed by atoms with Gasteiger partial charge in [0.2, 0.25) is 0 Å². The van der Waals surface area contributed by atoms with Gasteiger partial charge < -0.3 is 0 Å². The predicted octanol–water partition coefficient (Wildman–Crippen LogP) is 5.94. The molecule has 0 aromatic heterocycles. The molecule has 0 fully saturated rings. The number of halogens is 4. The highest BCUT2D eigenvalue weighted by atomic mass is 32.2. The van der Waals surface area contributed by atoms with E-state index in [1.807, 2.05) is 0 Å². The molecule has 33 heavy (non-hydrogen) atoms. The second kappa shape index (κ2) is 8.80. The van der Waals surface area contributed by atoms with E-state index in [2.05, 4.69) is 0 Å². The average Bonchev–Trinajstić information content (AvgIpc) is 2.79. The lowest BCUT2D eigenvalue weighted by Crippen LogP contribution is -2.35. The molecule has 0 bridgehead atoms. The van der Waals surface area contributed by atoms with Gasteiger partial charge in [0.1, 0.15) is 23.3 Å². The van der Waals surface area contributed by atoms with Crippen molar-refractivity contribution in [2.24, 2.45) is 0 Å². The standard InChI is InChI=1S/C25H16F4O3S/c26-20-7-1-17(2-8-20)25(18-3-9-21(27)10-4-18,19-5-11-22(28)12-6-19)32-33(30,31)24-15-13-23(29)14-16-24/h1-16H. The molecule has 0 spiro atoms. The maximum absolute atomic E-state index is 13.7. The summed E-state index contributed by atoms with van der Waals surface area (Å²) in [5, 5.41) is 0. The van der Waals surface area contributed by atoms with Crippen molar-refractivity contribution in [1.29, 1.82) is 0 Å². The SMILES string of the molecule is O=S(=O)(OC(c1ccc(F)cc1)(c1ccc(F)cc1)c1ccc(F)cc1)c1ccc(F)cc1. The van der Waals surface area contributed by atoms with Crippen molar-refractivity contribution < 1.29 is 30.2 Å². The lowest BCUT2D eigenvalue weighted by atomic mass is 9.80. The van der Waals surface area contributed by atoms with Crippen LogP contribution < -0.4 is 0 Å². The number of hydrogen-bond acceptors (Lipinski definition) is 3. The molecule has 0 aliphatic rings. The van der Waals surface area contributed by atoms with Crippen LogP contribution in [0.15, 0.2) is 102 Å². The van der Waals surface area contributed by atoms with Gasteiger partial charge in [-0.25, -0.2) is 21.7 Å². The molecule has 4 aromatic carbocycles. The van der Waals surface area contributed by atoms with Gasteiger partial charge in [-0.3, -0.25) is 0 Å². The Kier molecular flexibility index (Phi) is 6.05. The first-order valence-corrected chi connectivity index (χ1v) is 11.1. The first kappa shape index (κ1) is 22.7. The zero-order valence-electron chi connectivity index (χ0n) is 16.9. The highest BCUT2D eigenvalue weighted by molar-refractivity contribution is 7.86. The number of benzene rings is 4. The van der Waals surface area contributed by atoms with Crippen LogP contribution in [0.5, 0.6) is 0 Å². The molecule has 8 heteroatoms. The smallest absolute Gasteiger partial charge is 0.245 e. The van der Waals surface area contributed by atoms with Crippen LogP contribution in [-0.2, 0) is 19.9 Å². The first-order valence-electron chi connectivity index (χ1n) is 9.70. The molecule has 3 nitrogen and oxygen atoms in total. The Hall–Kier alpha value is -3.49. The fraction of sp³-hybridized carbons (Fsp3) is 0.0400. The molecule has 0 N–H and O–H groups in total. The molecule has 0 amide bonds. The largest absolute Gasteiger partial charge is 0.298 e. The van der Waals surface area contributed by atoms with Crippen molar-refractivity contribution in [3.63, 3.8) is 0 Å². The van der Waals surface area contributed by atoms with E-state index in [1.54, 1.807) is 0 Å². The van der Waals surface area contributed by atoms with E-state index in [1.165, 1.54) is 36.4 Å². The van der Waals surface area contributed by atoms with Crippen LogP contribution in [0.25, 0.3) is 0 Å². The van der Waals surface area contributed by atoms with Gasteiger partial charge in [0.15, 0.2) is 5.60 Å². The van der Waals surface area contributed by atoms with Gasteiger partial charge in [0, 0.05) is 0 Å². The minimum Gasteiger partial charge on any atom is -0.245 e. The Morgan fingerprint density at radius 1 is 0.485 bits per heavy atom. The minimum atomic E-state index is -4.56. The molecule has 0 atom stereocenters. The highest BCUT2D eigenvalue weighted by Crippen LogP contribution is 2.43. The van der Waals surface area contributed by atoms with Crippen LogP contribution in [0.1, 0.15) is 16.7 Å². The van der Waals surface area contributed by atoms with Gasteiger partial charge in [-0.1, -0.05) is 36.4 Å². The molecule has 4 aromatic rings. The van der Waals surface area contributed by atoms with E-state index >= 15 is 0 Å². The summed E-state index contributed by atoms with van der Waals surface area (Å²) in [4.78, 5) is -0.334. The molecular weight excluding hydrogens is 456 g/mol. The Morgan fingerprint density at radius 3 is 1.06 bits per heavy atom. The summed E-state index contributed by atoms with van der Waals surface area (Å²) in [6, 6.07) is 18.6. The van der Waals surface area contributed by atoms with Crippen molar-refractivity contribution >= 4 is 10.1 Å². The summed E-state index contributed by atoms with van der Waals surface area (Å²) in [6.45, 7) is 0. The predicted molar refractivity (Wildman–Crippen MR) is 114 cm³/mol. The van der Waals surface area contributed by atoms with Crippen LogP contribution in [0.4, 0.5) is 17.6 Å². The fourth-order valence-electron chi connectivity index (χ4n) is 3.51. The normalized spacial score (nSPS) is 12.0. The summed E-state index contributed by atoms with van der Waals surface area (Å²) >= 11 is 0. The maximum Gasteiger partial charge on any atom is 0.298 e. The van der Waals surface area contributed by atoms with E-state index in [0.29, 0.717) is 0 Å². The van der Waals surface area contributed by atoms with Gasteiger partial charge in [-0.15, -0.1) is 0 Å². The molecule has 0 aliphatic carbocycles. The summed E-state index contributed by atoms with van der Waals surface area (Å²) in [7, 11) is -4.56. The maximum atomic E-state index is 13.7. The molecule has 0 aliphatic heterocycles. The summed E-state index contributed by atoms with van der Waals surface area (Å²) in [6.07, 6.45) is 0. The summed E-state index contributed by atoms with van der Waals surface area (Å²) < 4.78 is 87.0. The topological polar surface area (TPSA) is 43.4 Å². The van der Waals surface area contributed by atoms with Gasteiger partial charge in [0.25, 0.3) is 10.1 Å². The summed E-state index contributed by atoms with van der Waals surface area (Å²) in [5.74, 6) is -2.37. The Balaban J connectivity index is 2.02. The Morgan fingerprint density at radius 2 is 0.758 bits per heavy atom. The van der Waals surface area contributed by atoms with Crippen LogP contribution in [-0.4, -0.2) is 8.42 Å². The van der Waals surface area contributed by atoms with E-state index < -0.39 is 39.0 Å². The number of rotatable bonds is 6. The third-order valence-electron chi connectivity index (χ3n) is 5.09. The second-order valence-corrected chi connectivity index (χ2v) is 8.74. The monoisotopic (exact) mass is 472 g/mol. The van der Waals surface area contributed by atoms with Crippen molar-refractivity contribution in [3.8, 4) is 0 Å². The molecule has 0 heterocycles. The lowest BCUT2D eigenvalue weighted by Gasteiger charge is -2.35. The van der Waals surface area contributed by atoms with Crippen LogP contribution in [0, 0.1) is 23.3 Å². The van der Waals surface area contributed by atoms with Crippen molar-refractivity contribution in [3.05, 3.63) is 137 Å². The quantitative estimate of drug-likeness (QED) is 0.198. The van der Waals surface area contributed by atoms with Gasteiger partial charge in [-0.05, 0) is 77.4 Å². The molecular formula is C25H16F4O3S. The van der Waals surface area contributed by atoms with Gasteiger partial charge in [-0.2, -0.15) is 8.42 Å². The molecule has 0 saturated heterocycles. The molecule has 0 radical (unpaired) electrons. The first-order chi connectivity index (χ1) is 15.7. The van der Waals surface area contributed by atoms with Crippen LogP contribution in [0.3, 0.4) is 0 Å². The molecule has 0 saturated carbocycles. The van der Waals surface area contributed by atoms with Crippen molar-refractivity contribution in [2.45, 2.75) is 10.5 Å². The van der Waals surface area contributed by atoms with E-state index in [4.69, 9.17) is 4.18 Å². The second-order valence-electron chi connectivity index (χ2n) is 7.19. The molecule has 168 valence electrons. The van der Waals surface area contributed by atoms with Gasteiger partial charge in [0.05, 0.1) is 4.90 Å². The minimum absolute atomic E-state index is 0.188. The number of hydrogen-bond donors (Lipinski definition) is 0. The third-order valence-corrected chi connectivity index (χ3v) is 6.41. The Bertz CT molecular complexity index is 1240. The van der Waals surface area contributed by atoms with E-state index in [9.17, 15) is 26.0 Å². The zero-order valence-corrected chi connectivity index (χ0v) is 17.7. The third kappa shape index (κ3) is 4.53. The molecule has 0 unspecified atom stereocenters.